The van der Waals surface area contributed by atoms with Crippen LogP contribution < -0.4 is 10.6 Å². The average molecular weight is 627 g/mol. The van der Waals surface area contributed by atoms with E-state index in [1.165, 1.54) is 0 Å². The first-order valence-corrected chi connectivity index (χ1v) is 15.1. The van der Waals surface area contributed by atoms with Crippen molar-refractivity contribution < 1.29 is 9.59 Å². The second-order valence-electron chi connectivity index (χ2n) is 10.6. The molecule has 2 N–H and O–H groups in total. The Morgan fingerprint density at radius 1 is 0.614 bits per heavy atom. The van der Waals surface area contributed by atoms with Gasteiger partial charge in [-0.3, -0.25) is 9.59 Å². The second kappa shape index (κ2) is 13.1. The van der Waals surface area contributed by atoms with Crippen molar-refractivity contribution in [1.29, 1.82) is 0 Å². The Morgan fingerprint density at radius 3 is 1.52 bits per heavy atom. The number of hydrogen-bond donors (Lipinski definition) is 2. The van der Waals surface area contributed by atoms with Crippen molar-refractivity contribution in [3.05, 3.63) is 94.0 Å². The van der Waals surface area contributed by atoms with Crippen LogP contribution in [0.4, 0.5) is 0 Å². The molecule has 2 heterocycles. The molecule has 6 rings (SSSR count). The van der Waals surface area contributed by atoms with Gasteiger partial charge in [-0.25, -0.2) is 19.9 Å². The van der Waals surface area contributed by atoms with Gasteiger partial charge in [-0.2, -0.15) is 0 Å². The average Bonchev–Trinajstić information content (AvgIpc) is 3.02. The summed E-state index contributed by atoms with van der Waals surface area (Å²) in [6, 6.07) is 21.5. The van der Waals surface area contributed by atoms with Crippen molar-refractivity contribution >= 4 is 79.1 Å². The van der Waals surface area contributed by atoms with Crippen LogP contribution in [0.3, 0.4) is 0 Å². The summed E-state index contributed by atoms with van der Waals surface area (Å²) in [5.41, 5.74) is 6.14. The number of benzene rings is 4. The van der Waals surface area contributed by atoms with Gasteiger partial charge in [0.1, 0.15) is 11.0 Å². The monoisotopic (exact) mass is 625 g/mol. The molecule has 0 aliphatic heterocycles. The van der Waals surface area contributed by atoms with Crippen LogP contribution in [0.2, 0.25) is 10.0 Å². The maximum absolute atomic E-state index is 13.0. The highest BCUT2D eigenvalue weighted by molar-refractivity contribution is 6.31. The normalized spacial score (nSPS) is 11.5. The molecular weight excluding hydrogens is 597 g/mol. The summed E-state index contributed by atoms with van der Waals surface area (Å²) >= 11 is 12.2. The molecule has 0 aliphatic rings. The van der Waals surface area contributed by atoms with E-state index in [0.29, 0.717) is 78.4 Å². The number of carbonyl (C=O) groups excluding carboxylic acids is 2. The smallest absolute Gasteiger partial charge is 0.253 e. The van der Waals surface area contributed by atoms with Crippen LogP contribution in [-0.4, -0.2) is 69.9 Å². The number of halogens is 2. The Labute approximate surface area is 263 Å². The molecule has 0 fully saturated rings. The molecule has 222 valence electrons. The predicted octanol–water partition coefficient (Wildman–Crippen LogP) is 6.06. The van der Waals surface area contributed by atoms with E-state index in [-0.39, 0.29) is 11.8 Å². The maximum Gasteiger partial charge on any atom is 0.253 e. The molecule has 0 aliphatic carbocycles. The van der Waals surface area contributed by atoms with Crippen molar-refractivity contribution in [2.75, 3.05) is 33.2 Å². The molecule has 4 aromatic carbocycles. The van der Waals surface area contributed by atoms with Crippen LogP contribution in [0.1, 0.15) is 33.6 Å². The van der Waals surface area contributed by atoms with Gasteiger partial charge in [0.05, 0.1) is 44.2 Å². The number of nitrogens with one attached hydrogen (secondary N) is 2. The third-order valence-electron chi connectivity index (χ3n) is 7.34. The number of rotatable bonds is 10. The molecular formula is C33H29Cl2N7O2. The molecule has 0 spiro atoms. The van der Waals surface area contributed by atoms with Gasteiger partial charge in [0.25, 0.3) is 11.8 Å². The third-order valence-corrected chi connectivity index (χ3v) is 7.81. The van der Waals surface area contributed by atoms with Gasteiger partial charge in [0.15, 0.2) is 0 Å². The number of nitrogens with zero attached hydrogens (tertiary/aromatic N) is 5. The van der Waals surface area contributed by atoms with E-state index in [1.807, 2.05) is 19.2 Å². The van der Waals surface area contributed by atoms with Crippen LogP contribution in [0.15, 0.2) is 72.8 Å². The lowest BCUT2D eigenvalue weighted by Gasteiger charge is -2.17. The zero-order valence-electron chi connectivity index (χ0n) is 24.0. The summed E-state index contributed by atoms with van der Waals surface area (Å²) in [6.45, 7) is 2.64. The van der Waals surface area contributed by atoms with Crippen molar-refractivity contribution in [1.82, 2.24) is 35.5 Å². The number of fused-ring (bicyclic) bond motifs is 4. The summed E-state index contributed by atoms with van der Waals surface area (Å²) in [5.74, 6) is -0.364. The Balaban J connectivity index is 0.962. The molecule has 9 nitrogen and oxygen atoms in total. The Morgan fingerprint density at radius 2 is 1.07 bits per heavy atom. The van der Waals surface area contributed by atoms with Gasteiger partial charge >= 0.3 is 0 Å². The van der Waals surface area contributed by atoms with Crippen LogP contribution >= 0.6 is 23.2 Å². The van der Waals surface area contributed by atoms with E-state index in [2.05, 4.69) is 35.5 Å². The SMILES string of the molecule is CN(CCCNC(=O)c1cccc2nc3cc(Cl)ccc3nc12)CCCNC(=O)c1cccc2nc3cc(Cl)ccc3nc12. The molecule has 0 saturated heterocycles. The van der Waals surface area contributed by atoms with Crippen LogP contribution in [0, 0.1) is 0 Å². The first-order chi connectivity index (χ1) is 21.4. The fourth-order valence-corrected chi connectivity index (χ4v) is 5.44. The quantitative estimate of drug-likeness (QED) is 0.141. The zero-order chi connectivity index (χ0) is 30.6. The standard InChI is InChI=1S/C33H29Cl2N7O2/c1-42(16-4-14-36-32(43)22-6-2-8-26-30(22)40-24-12-10-20(34)18-28(24)38-26)17-5-15-37-33(44)23-7-3-9-27-31(23)41-25-13-11-21(35)19-29(25)39-27/h2-3,6-13,18-19H,4-5,14-17H2,1H3,(H,36,43)(H,37,44). The van der Waals surface area contributed by atoms with Gasteiger partial charge < -0.3 is 15.5 Å². The van der Waals surface area contributed by atoms with Crippen molar-refractivity contribution in [2.24, 2.45) is 0 Å². The van der Waals surface area contributed by atoms with Gasteiger partial charge in [-0.05, 0) is 93.6 Å². The number of para-hydroxylation sites is 2. The Hall–Kier alpha value is -4.44. The molecule has 0 atom stereocenters. The Bertz CT molecular complexity index is 1890. The van der Waals surface area contributed by atoms with Crippen LogP contribution in [-0.2, 0) is 0 Å². The van der Waals surface area contributed by atoms with Gasteiger partial charge in [-0.15, -0.1) is 0 Å². The zero-order valence-corrected chi connectivity index (χ0v) is 25.5. The second-order valence-corrected chi connectivity index (χ2v) is 11.5. The van der Waals surface area contributed by atoms with E-state index in [0.717, 1.165) is 25.9 Å². The first-order valence-electron chi connectivity index (χ1n) is 14.3. The number of aromatic nitrogens is 4. The van der Waals surface area contributed by atoms with Crippen molar-refractivity contribution in [2.45, 2.75) is 12.8 Å². The maximum atomic E-state index is 13.0. The summed E-state index contributed by atoms with van der Waals surface area (Å²) in [7, 11) is 2.03. The molecule has 2 aromatic heterocycles. The highest BCUT2D eigenvalue weighted by Gasteiger charge is 2.15. The lowest BCUT2D eigenvalue weighted by molar-refractivity contribution is 0.0947. The van der Waals surface area contributed by atoms with Crippen LogP contribution in [0.25, 0.3) is 44.1 Å². The van der Waals surface area contributed by atoms with E-state index in [4.69, 9.17) is 23.2 Å². The summed E-state index contributed by atoms with van der Waals surface area (Å²) in [5, 5.41) is 7.19. The topological polar surface area (TPSA) is 113 Å². The highest BCUT2D eigenvalue weighted by atomic mass is 35.5. The predicted molar refractivity (Wildman–Crippen MR) is 176 cm³/mol. The molecule has 2 amide bonds. The van der Waals surface area contributed by atoms with E-state index >= 15 is 0 Å². The van der Waals surface area contributed by atoms with Gasteiger partial charge in [-0.1, -0.05) is 35.3 Å². The van der Waals surface area contributed by atoms with E-state index in [1.54, 1.807) is 60.7 Å². The fourth-order valence-electron chi connectivity index (χ4n) is 5.11. The minimum Gasteiger partial charge on any atom is -0.352 e. The molecule has 0 unspecified atom stereocenters. The minimum atomic E-state index is -0.182. The molecule has 0 radical (unpaired) electrons. The number of carbonyl (C=O) groups is 2. The number of amides is 2. The minimum absolute atomic E-state index is 0.182. The first kappa shape index (κ1) is 29.6. The summed E-state index contributed by atoms with van der Waals surface area (Å²) in [6.07, 6.45) is 1.56. The van der Waals surface area contributed by atoms with Gasteiger partial charge in [0.2, 0.25) is 0 Å². The summed E-state index contributed by atoms with van der Waals surface area (Å²) in [4.78, 5) is 46.7. The number of hydrogen-bond acceptors (Lipinski definition) is 7. The summed E-state index contributed by atoms with van der Waals surface area (Å²) < 4.78 is 0. The highest BCUT2D eigenvalue weighted by Crippen LogP contribution is 2.23. The van der Waals surface area contributed by atoms with Gasteiger partial charge in [0, 0.05) is 23.1 Å². The van der Waals surface area contributed by atoms with Crippen molar-refractivity contribution in [3.63, 3.8) is 0 Å². The molecule has 44 heavy (non-hydrogen) atoms. The fraction of sp³-hybridized carbons (Fsp3) is 0.212. The lowest BCUT2D eigenvalue weighted by Crippen LogP contribution is -2.31. The van der Waals surface area contributed by atoms with E-state index < -0.39 is 0 Å². The van der Waals surface area contributed by atoms with E-state index in [9.17, 15) is 9.59 Å². The Kier molecular flexibility index (Phi) is 8.79. The van der Waals surface area contributed by atoms with Crippen molar-refractivity contribution in [3.8, 4) is 0 Å². The third kappa shape index (κ3) is 6.55. The molecule has 0 bridgehead atoms. The van der Waals surface area contributed by atoms with Crippen LogP contribution in [0.5, 0.6) is 0 Å². The molecule has 0 saturated carbocycles. The largest absolute Gasteiger partial charge is 0.352 e. The molecule has 6 aromatic rings. The molecule has 11 heteroatoms. The lowest BCUT2D eigenvalue weighted by atomic mass is 10.1.